The Bertz CT molecular complexity index is 1060. The minimum Gasteiger partial charge on any atom is -0.481 e. The van der Waals surface area contributed by atoms with Crippen molar-refractivity contribution in [2.45, 2.75) is 72.1 Å². The maximum absolute atomic E-state index is 13.6. The lowest BCUT2D eigenvalue weighted by Crippen LogP contribution is -2.39. The molecule has 3 aromatic rings. The first kappa shape index (κ1) is 24.0. The zero-order chi connectivity index (χ0) is 24.1. The monoisotopic (exact) mass is 464 g/mol. The molecule has 1 fully saturated rings. The first-order chi connectivity index (χ1) is 16.4. The summed E-state index contributed by atoms with van der Waals surface area (Å²) in [6.07, 6.45) is 4.62. The molecule has 0 radical (unpaired) electrons. The van der Waals surface area contributed by atoms with Crippen molar-refractivity contribution in [1.29, 1.82) is 0 Å². The maximum atomic E-state index is 13.6. The van der Waals surface area contributed by atoms with Crippen LogP contribution in [0.15, 0.2) is 57.6 Å². The molecule has 0 saturated carbocycles. The third kappa shape index (κ3) is 5.85. The van der Waals surface area contributed by atoms with Gasteiger partial charge in [0.15, 0.2) is 12.0 Å². The normalized spacial score (nSPS) is 14.9. The molecule has 4 rings (SSSR count). The second-order valence-electron chi connectivity index (χ2n) is 9.52. The predicted octanol–water partition coefficient (Wildman–Crippen LogP) is 6.29. The lowest BCUT2D eigenvalue weighted by Gasteiger charge is -2.27. The minimum absolute atomic E-state index is 0.108. The van der Waals surface area contributed by atoms with Crippen LogP contribution < -0.4 is 9.64 Å². The highest BCUT2D eigenvalue weighted by Crippen LogP contribution is 2.29. The van der Waals surface area contributed by atoms with Gasteiger partial charge in [0.1, 0.15) is 17.3 Å². The van der Waals surface area contributed by atoms with Gasteiger partial charge < -0.3 is 23.4 Å². The number of benzene rings is 1. The Kier molecular flexibility index (Phi) is 7.66. The van der Waals surface area contributed by atoms with E-state index < -0.39 is 6.10 Å². The van der Waals surface area contributed by atoms with Crippen LogP contribution in [-0.4, -0.2) is 30.0 Å². The molecule has 1 aromatic carbocycles. The maximum Gasteiger partial charge on any atom is 0.264 e. The first-order valence-electron chi connectivity index (χ1n) is 12.3. The average molecular weight is 465 g/mol. The van der Waals surface area contributed by atoms with E-state index >= 15 is 0 Å². The Hall–Kier alpha value is -3.15. The molecule has 0 bridgehead atoms. The van der Waals surface area contributed by atoms with Gasteiger partial charge >= 0.3 is 0 Å². The van der Waals surface area contributed by atoms with Crippen molar-refractivity contribution >= 4 is 11.8 Å². The molecule has 0 spiro atoms. The molecular formula is C28H36N2O4. The van der Waals surface area contributed by atoms with E-state index in [2.05, 4.69) is 30.9 Å². The van der Waals surface area contributed by atoms with Gasteiger partial charge in [-0.3, -0.25) is 4.79 Å². The van der Waals surface area contributed by atoms with E-state index in [0.717, 1.165) is 47.4 Å². The predicted molar refractivity (Wildman–Crippen MR) is 133 cm³/mol. The van der Waals surface area contributed by atoms with Gasteiger partial charge in [-0.2, -0.15) is 0 Å². The van der Waals surface area contributed by atoms with Crippen molar-refractivity contribution in [2.75, 3.05) is 18.0 Å². The summed E-state index contributed by atoms with van der Waals surface area (Å²) in [5.74, 6) is 3.31. The molecule has 0 N–H and O–H groups in total. The highest BCUT2D eigenvalue weighted by molar-refractivity contribution is 5.81. The zero-order valence-corrected chi connectivity index (χ0v) is 20.8. The molecular weight excluding hydrogens is 428 g/mol. The van der Waals surface area contributed by atoms with Gasteiger partial charge in [-0.1, -0.05) is 26.0 Å². The Morgan fingerprint density at radius 2 is 1.79 bits per heavy atom. The fourth-order valence-corrected chi connectivity index (χ4v) is 4.44. The van der Waals surface area contributed by atoms with E-state index in [-0.39, 0.29) is 5.91 Å². The van der Waals surface area contributed by atoms with Gasteiger partial charge in [0.2, 0.25) is 0 Å². The molecule has 1 atom stereocenters. The average Bonchev–Trinajstić information content (AvgIpc) is 3.51. The van der Waals surface area contributed by atoms with Crippen LogP contribution in [0.2, 0.25) is 0 Å². The van der Waals surface area contributed by atoms with Gasteiger partial charge in [0, 0.05) is 19.2 Å². The summed E-state index contributed by atoms with van der Waals surface area (Å²) in [6, 6.07) is 13.9. The number of nitrogens with zero attached hydrogens (tertiary/aromatic N) is 2. The third-order valence-electron chi connectivity index (χ3n) is 6.34. The quantitative estimate of drug-likeness (QED) is 0.372. The summed E-state index contributed by atoms with van der Waals surface area (Å²) in [6.45, 7) is 10.8. The van der Waals surface area contributed by atoms with Crippen molar-refractivity contribution in [1.82, 2.24) is 4.90 Å². The highest BCUT2D eigenvalue weighted by Gasteiger charge is 2.26. The van der Waals surface area contributed by atoms with E-state index in [1.165, 1.54) is 19.3 Å². The molecule has 2 aromatic heterocycles. The van der Waals surface area contributed by atoms with Crippen molar-refractivity contribution < 1.29 is 18.4 Å². The number of hydrogen-bond acceptors (Lipinski definition) is 5. The van der Waals surface area contributed by atoms with E-state index in [1.807, 2.05) is 44.2 Å². The van der Waals surface area contributed by atoms with Crippen LogP contribution in [0.3, 0.4) is 0 Å². The van der Waals surface area contributed by atoms with Crippen LogP contribution in [0, 0.1) is 6.92 Å². The number of piperidine rings is 1. The molecule has 1 amide bonds. The van der Waals surface area contributed by atoms with Crippen LogP contribution in [0.5, 0.6) is 5.75 Å². The topological polar surface area (TPSA) is 59.1 Å². The smallest absolute Gasteiger partial charge is 0.264 e. The molecule has 6 nitrogen and oxygen atoms in total. The van der Waals surface area contributed by atoms with Crippen molar-refractivity contribution in [3.63, 3.8) is 0 Å². The Morgan fingerprint density at radius 1 is 1.03 bits per heavy atom. The number of rotatable bonds is 9. The van der Waals surface area contributed by atoms with Crippen LogP contribution >= 0.6 is 0 Å². The molecule has 0 aliphatic carbocycles. The standard InChI is InChI=1S/C28H36N2O4/c1-20(2)25-12-10-21(3)17-26(25)33-22(4)28(31)30(18-23-9-8-16-32-23)19-24-11-13-27(34-24)29-14-6-5-7-15-29/h8-13,16-17,20,22H,5-7,14-15,18-19H2,1-4H3. The van der Waals surface area contributed by atoms with Gasteiger partial charge in [-0.15, -0.1) is 0 Å². The zero-order valence-electron chi connectivity index (χ0n) is 20.8. The Balaban J connectivity index is 1.51. The van der Waals surface area contributed by atoms with E-state index in [1.54, 1.807) is 11.2 Å². The number of furan rings is 2. The fourth-order valence-electron chi connectivity index (χ4n) is 4.44. The van der Waals surface area contributed by atoms with Crippen molar-refractivity contribution in [2.24, 2.45) is 0 Å². The first-order valence-corrected chi connectivity index (χ1v) is 12.3. The van der Waals surface area contributed by atoms with Gasteiger partial charge in [-0.25, -0.2) is 0 Å². The van der Waals surface area contributed by atoms with Crippen LogP contribution in [0.25, 0.3) is 0 Å². The summed E-state index contributed by atoms with van der Waals surface area (Å²) in [7, 11) is 0. The summed E-state index contributed by atoms with van der Waals surface area (Å²) >= 11 is 0. The minimum atomic E-state index is -0.647. The second-order valence-corrected chi connectivity index (χ2v) is 9.52. The summed E-state index contributed by atoms with van der Waals surface area (Å²) in [5, 5.41) is 0. The van der Waals surface area contributed by atoms with Crippen LogP contribution in [-0.2, 0) is 17.9 Å². The SMILES string of the molecule is Cc1ccc(C(C)C)c(OC(C)C(=O)N(Cc2ccco2)Cc2ccc(N3CCCCC3)o2)c1. The summed E-state index contributed by atoms with van der Waals surface area (Å²) in [4.78, 5) is 17.6. The third-order valence-corrected chi connectivity index (χ3v) is 6.34. The number of anilines is 1. The summed E-state index contributed by atoms with van der Waals surface area (Å²) < 4.78 is 17.9. The number of carbonyl (C=O) groups is 1. The highest BCUT2D eigenvalue weighted by atomic mass is 16.5. The molecule has 1 aliphatic heterocycles. The molecule has 1 aliphatic rings. The number of ether oxygens (including phenoxy) is 1. The number of amides is 1. The fraction of sp³-hybridized carbons (Fsp3) is 0.464. The molecule has 1 unspecified atom stereocenters. The molecule has 6 heteroatoms. The number of hydrogen-bond donors (Lipinski definition) is 0. The summed E-state index contributed by atoms with van der Waals surface area (Å²) in [5.41, 5.74) is 2.20. The van der Waals surface area contributed by atoms with Gasteiger partial charge in [0.05, 0.1) is 19.4 Å². The Labute approximate surface area is 202 Å². The number of carbonyl (C=O) groups excluding carboxylic acids is 1. The van der Waals surface area contributed by atoms with E-state index in [4.69, 9.17) is 13.6 Å². The van der Waals surface area contributed by atoms with E-state index in [9.17, 15) is 4.79 Å². The second kappa shape index (κ2) is 10.9. The van der Waals surface area contributed by atoms with Crippen LogP contribution in [0.1, 0.15) is 68.6 Å². The Morgan fingerprint density at radius 3 is 2.50 bits per heavy atom. The van der Waals surface area contributed by atoms with Gasteiger partial charge in [0.25, 0.3) is 5.91 Å². The lowest BCUT2D eigenvalue weighted by atomic mass is 10.0. The van der Waals surface area contributed by atoms with Crippen LogP contribution in [0.4, 0.5) is 5.88 Å². The molecule has 3 heterocycles. The van der Waals surface area contributed by atoms with Crippen molar-refractivity contribution in [3.8, 4) is 5.75 Å². The molecule has 182 valence electrons. The molecule has 1 saturated heterocycles. The lowest BCUT2D eigenvalue weighted by molar-refractivity contribution is -0.139. The van der Waals surface area contributed by atoms with E-state index in [0.29, 0.717) is 19.0 Å². The molecule has 34 heavy (non-hydrogen) atoms. The van der Waals surface area contributed by atoms with Crippen molar-refractivity contribution in [3.05, 3.63) is 71.4 Å². The number of aryl methyl sites for hydroxylation is 1. The largest absolute Gasteiger partial charge is 0.481 e. The van der Waals surface area contributed by atoms with Gasteiger partial charge in [-0.05, 0) is 74.4 Å².